The van der Waals surface area contributed by atoms with Gasteiger partial charge < -0.3 is 5.73 Å². The zero-order chi connectivity index (χ0) is 10.9. The van der Waals surface area contributed by atoms with Gasteiger partial charge in [-0.05, 0) is 25.7 Å². The summed E-state index contributed by atoms with van der Waals surface area (Å²) in [6.45, 7) is 0. The minimum atomic E-state index is -0.328. The Labute approximate surface area is 88.2 Å². The van der Waals surface area contributed by atoms with Crippen LogP contribution in [0.3, 0.4) is 0 Å². The van der Waals surface area contributed by atoms with Crippen molar-refractivity contribution >= 4 is 5.69 Å². The molecule has 1 aromatic carbocycles. The number of rotatable bonds is 4. The van der Waals surface area contributed by atoms with Crippen molar-refractivity contribution in [2.75, 3.05) is 0 Å². The van der Waals surface area contributed by atoms with Crippen molar-refractivity contribution in [2.24, 2.45) is 5.73 Å². The van der Waals surface area contributed by atoms with Crippen molar-refractivity contribution in [1.29, 1.82) is 0 Å². The number of hydrogen-bond donors (Lipinski definition) is 1. The van der Waals surface area contributed by atoms with Crippen LogP contribution in [-0.2, 0) is 6.42 Å². The summed E-state index contributed by atoms with van der Waals surface area (Å²) in [6, 6.07) is 6.88. The number of nitrogens with two attached hydrogens (primary N) is 1. The van der Waals surface area contributed by atoms with Crippen LogP contribution >= 0.6 is 0 Å². The van der Waals surface area contributed by atoms with Gasteiger partial charge in [-0.15, -0.1) is 0 Å². The highest BCUT2D eigenvalue weighted by molar-refractivity contribution is 5.40. The van der Waals surface area contributed by atoms with Gasteiger partial charge in [-0.2, -0.15) is 0 Å². The third kappa shape index (κ3) is 2.33. The van der Waals surface area contributed by atoms with Gasteiger partial charge >= 0.3 is 0 Å². The largest absolute Gasteiger partial charge is 0.325 e. The molecule has 0 heterocycles. The maximum absolute atomic E-state index is 10.7. The molecule has 0 aliphatic heterocycles. The van der Waals surface area contributed by atoms with Crippen LogP contribution in [0.5, 0.6) is 0 Å². The van der Waals surface area contributed by atoms with Crippen LogP contribution in [0.15, 0.2) is 24.3 Å². The molecule has 1 fully saturated rings. The number of benzene rings is 1. The molecule has 4 heteroatoms. The predicted molar refractivity (Wildman–Crippen MR) is 57.6 cm³/mol. The Kier molecular flexibility index (Phi) is 2.44. The van der Waals surface area contributed by atoms with E-state index in [1.165, 1.54) is 0 Å². The lowest BCUT2D eigenvalue weighted by Gasteiger charge is -2.07. The van der Waals surface area contributed by atoms with Gasteiger partial charge in [-0.25, -0.2) is 0 Å². The fourth-order valence-electron chi connectivity index (χ4n) is 1.69. The van der Waals surface area contributed by atoms with Crippen LogP contribution in [0.2, 0.25) is 0 Å². The average molecular weight is 206 g/mol. The van der Waals surface area contributed by atoms with Gasteiger partial charge in [0.25, 0.3) is 5.69 Å². The highest BCUT2D eigenvalue weighted by Gasteiger charge is 2.37. The van der Waals surface area contributed by atoms with E-state index in [1.807, 2.05) is 12.1 Å². The van der Waals surface area contributed by atoms with Crippen molar-refractivity contribution in [3.8, 4) is 0 Å². The smallest absolute Gasteiger partial charge is 0.272 e. The highest BCUT2D eigenvalue weighted by Crippen LogP contribution is 2.37. The first kappa shape index (κ1) is 10.1. The van der Waals surface area contributed by atoms with Gasteiger partial charge in [-0.1, -0.05) is 18.2 Å². The normalized spacial score (nSPS) is 17.4. The number of nitro groups is 1. The van der Waals surface area contributed by atoms with E-state index in [0.717, 1.165) is 24.8 Å². The molecular formula is C11H14N2O2. The summed E-state index contributed by atoms with van der Waals surface area (Å²) in [5.41, 5.74) is 6.91. The monoisotopic (exact) mass is 206 g/mol. The van der Waals surface area contributed by atoms with Crippen LogP contribution in [0.25, 0.3) is 0 Å². The molecule has 1 aromatic rings. The number of para-hydroxylation sites is 1. The minimum absolute atomic E-state index is 0.0380. The molecule has 0 saturated heterocycles. The molecule has 0 unspecified atom stereocenters. The van der Waals surface area contributed by atoms with E-state index in [0.29, 0.717) is 6.42 Å². The molecule has 0 spiro atoms. The second-order valence-corrected chi connectivity index (χ2v) is 4.25. The number of hydrogen-bond acceptors (Lipinski definition) is 3. The minimum Gasteiger partial charge on any atom is -0.325 e. The third-order valence-electron chi connectivity index (χ3n) is 2.97. The Bertz CT molecular complexity index is 386. The van der Waals surface area contributed by atoms with Crippen LogP contribution in [0, 0.1) is 10.1 Å². The molecule has 4 nitrogen and oxygen atoms in total. The maximum Gasteiger partial charge on any atom is 0.272 e. The lowest BCUT2D eigenvalue weighted by Crippen LogP contribution is -2.22. The molecule has 2 rings (SSSR count). The number of nitrogens with zero attached hydrogens (tertiary/aromatic N) is 1. The van der Waals surface area contributed by atoms with Crippen LogP contribution in [0.1, 0.15) is 24.8 Å². The van der Waals surface area contributed by atoms with Gasteiger partial charge in [0.15, 0.2) is 0 Å². The Hall–Kier alpha value is -1.42. The Morgan fingerprint density at radius 1 is 1.40 bits per heavy atom. The molecule has 0 atom stereocenters. The van der Waals surface area contributed by atoms with E-state index in [-0.39, 0.29) is 16.1 Å². The topological polar surface area (TPSA) is 69.2 Å². The molecule has 2 N–H and O–H groups in total. The highest BCUT2D eigenvalue weighted by atomic mass is 16.6. The summed E-state index contributed by atoms with van der Waals surface area (Å²) in [6.07, 6.45) is 3.65. The van der Waals surface area contributed by atoms with Crippen LogP contribution in [-0.4, -0.2) is 10.5 Å². The molecule has 0 radical (unpaired) electrons. The van der Waals surface area contributed by atoms with E-state index in [2.05, 4.69) is 0 Å². The lowest BCUT2D eigenvalue weighted by atomic mass is 10.0. The molecule has 0 amide bonds. The Morgan fingerprint density at radius 2 is 2.07 bits per heavy atom. The van der Waals surface area contributed by atoms with Gasteiger partial charge in [0, 0.05) is 17.2 Å². The zero-order valence-electron chi connectivity index (χ0n) is 8.48. The van der Waals surface area contributed by atoms with Gasteiger partial charge in [-0.3, -0.25) is 10.1 Å². The Morgan fingerprint density at radius 3 is 2.67 bits per heavy atom. The first-order chi connectivity index (χ1) is 7.11. The van der Waals surface area contributed by atoms with Gasteiger partial charge in [0.05, 0.1) is 4.92 Å². The molecular weight excluding hydrogens is 192 g/mol. The fourth-order valence-corrected chi connectivity index (χ4v) is 1.69. The SMILES string of the molecule is NC1(CCc2ccccc2[N+](=O)[O-])CC1. The molecule has 0 aromatic heterocycles. The van der Waals surface area contributed by atoms with E-state index >= 15 is 0 Å². The molecule has 1 aliphatic carbocycles. The van der Waals surface area contributed by atoms with E-state index in [4.69, 9.17) is 5.73 Å². The summed E-state index contributed by atoms with van der Waals surface area (Å²) in [5.74, 6) is 0. The van der Waals surface area contributed by atoms with Crippen molar-refractivity contribution < 1.29 is 4.92 Å². The van der Waals surface area contributed by atoms with Crippen molar-refractivity contribution in [2.45, 2.75) is 31.2 Å². The zero-order valence-corrected chi connectivity index (χ0v) is 8.48. The summed E-state index contributed by atoms with van der Waals surface area (Å²) < 4.78 is 0. The summed E-state index contributed by atoms with van der Waals surface area (Å²) in [7, 11) is 0. The molecule has 1 saturated carbocycles. The van der Waals surface area contributed by atoms with E-state index < -0.39 is 0 Å². The molecule has 0 bridgehead atoms. The fraction of sp³-hybridized carbons (Fsp3) is 0.455. The average Bonchev–Trinajstić information content (AvgIpc) is 2.95. The van der Waals surface area contributed by atoms with Crippen molar-refractivity contribution in [1.82, 2.24) is 0 Å². The Balaban J connectivity index is 2.09. The van der Waals surface area contributed by atoms with Crippen molar-refractivity contribution in [3.05, 3.63) is 39.9 Å². The number of nitro benzene ring substituents is 1. The van der Waals surface area contributed by atoms with Crippen LogP contribution in [0.4, 0.5) is 5.69 Å². The predicted octanol–water partition coefficient (Wildman–Crippen LogP) is 2.02. The third-order valence-corrected chi connectivity index (χ3v) is 2.97. The van der Waals surface area contributed by atoms with Crippen molar-refractivity contribution in [3.63, 3.8) is 0 Å². The maximum atomic E-state index is 10.7. The van der Waals surface area contributed by atoms with E-state index in [9.17, 15) is 10.1 Å². The summed E-state index contributed by atoms with van der Waals surface area (Å²) in [5, 5.41) is 10.7. The molecule has 1 aliphatic rings. The first-order valence-corrected chi connectivity index (χ1v) is 5.12. The first-order valence-electron chi connectivity index (χ1n) is 5.12. The molecule has 80 valence electrons. The second-order valence-electron chi connectivity index (χ2n) is 4.25. The van der Waals surface area contributed by atoms with E-state index in [1.54, 1.807) is 12.1 Å². The van der Waals surface area contributed by atoms with Gasteiger partial charge in [0.2, 0.25) is 0 Å². The lowest BCUT2D eigenvalue weighted by molar-refractivity contribution is -0.385. The number of aryl methyl sites for hydroxylation is 1. The second kappa shape index (κ2) is 3.62. The molecule has 15 heavy (non-hydrogen) atoms. The quantitative estimate of drug-likeness (QED) is 0.605. The summed E-state index contributed by atoms with van der Waals surface area (Å²) >= 11 is 0. The van der Waals surface area contributed by atoms with Crippen LogP contribution < -0.4 is 5.73 Å². The summed E-state index contributed by atoms with van der Waals surface area (Å²) in [4.78, 5) is 10.4. The standard InChI is InChI=1S/C11H14N2O2/c12-11(7-8-11)6-5-9-3-1-2-4-10(9)13(14)15/h1-4H,5-8,12H2. The van der Waals surface area contributed by atoms with Gasteiger partial charge in [0.1, 0.15) is 0 Å².